The maximum atomic E-state index is 5.59. The van der Waals surface area contributed by atoms with Crippen molar-refractivity contribution < 1.29 is 4.74 Å². The quantitative estimate of drug-likeness (QED) is 0.757. The Bertz CT molecular complexity index is 280. The maximum Gasteiger partial charge on any atom is 0.232 e. The van der Waals surface area contributed by atoms with E-state index < -0.39 is 0 Å². The van der Waals surface area contributed by atoms with Crippen LogP contribution in [0.25, 0.3) is 0 Å². The molecular formula is C9H16N4O. The van der Waals surface area contributed by atoms with Crippen molar-refractivity contribution in [2.24, 2.45) is 7.05 Å². The van der Waals surface area contributed by atoms with Crippen molar-refractivity contribution in [3.63, 3.8) is 0 Å². The summed E-state index contributed by atoms with van der Waals surface area (Å²) in [5.74, 6) is 0.734. The molecule has 2 heterocycles. The van der Waals surface area contributed by atoms with Gasteiger partial charge in [-0.15, -0.1) is 5.10 Å². The van der Waals surface area contributed by atoms with Gasteiger partial charge in [0.2, 0.25) is 5.88 Å². The summed E-state index contributed by atoms with van der Waals surface area (Å²) in [7, 11) is 1.83. The average Bonchev–Trinajstić information content (AvgIpc) is 2.63. The Morgan fingerprint density at radius 3 is 3.21 bits per heavy atom. The smallest absolute Gasteiger partial charge is 0.232 e. The summed E-state index contributed by atoms with van der Waals surface area (Å²) in [6.07, 6.45) is 5.42. The minimum Gasteiger partial charge on any atom is -0.475 e. The Morgan fingerprint density at radius 1 is 1.64 bits per heavy atom. The molecule has 1 atom stereocenters. The number of aromatic nitrogens is 3. The number of piperidine rings is 1. The molecule has 14 heavy (non-hydrogen) atoms. The second-order valence-corrected chi connectivity index (χ2v) is 3.65. The van der Waals surface area contributed by atoms with Crippen LogP contribution in [0, 0.1) is 0 Å². The first-order valence-electron chi connectivity index (χ1n) is 5.07. The summed E-state index contributed by atoms with van der Waals surface area (Å²) in [5.41, 5.74) is 0. The molecule has 0 spiro atoms. The lowest BCUT2D eigenvalue weighted by atomic mass is 10.1. The van der Waals surface area contributed by atoms with Crippen LogP contribution in [0.5, 0.6) is 5.88 Å². The first-order valence-corrected chi connectivity index (χ1v) is 5.07. The SMILES string of the molecule is Cn1nncc1OCC1CCCCN1. The van der Waals surface area contributed by atoms with Crippen molar-refractivity contribution in [2.75, 3.05) is 13.2 Å². The number of ether oxygens (including phenoxy) is 1. The molecule has 0 amide bonds. The third-order valence-corrected chi connectivity index (χ3v) is 2.52. The summed E-state index contributed by atoms with van der Waals surface area (Å²) < 4.78 is 7.23. The number of nitrogens with one attached hydrogen (secondary N) is 1. The van der Waals surface area contributed by atoms with Gasteiger partial charge in [-0.1, -0.05) is 11.6 Å². The van der Waals surface area contributed by atoms with Crippen molar-refractivity contribution in [1.29, 1.82) is 0 Å². The molecule has 0 saturated carbocycles. The molecule has 2 rings (SSSR count). The van der Waals surface area contributed by atoms with E-state index in [0.717, 1.165) is 12.4 Å². The Kier molecular flexibility index (Phi) is 2.98. The Labute approximate surface area is 83.4 Å². The average molecular weight is 196 g/mol. The van der Waals surface area contributed by atoms with E-state index in [9.17, 15) is 0 Å². The minimum atomic E-state index is 0.485. The molecule has 1 fully saturated rings. The zero-order valence-corrected chi connectivity index (χ0v) is 8.44. The fourth-order valence-corrected chi connectivity index (χ4v) is 1.66. The monoisotopic (exact) mass is 196 g/mol. The lowest BCUT2D eigenvalue weighted by molar-refractivity contribution is 0.224. The molecule has 1 aromatic heterocycles. The molecule has 1 N–H and O–H groups in total. The van der Waals surface area contributed by atoms with Crippen LogP contribution in [0.1, 0.15) is 19.3 Å². The van der Waals surface area contributed by atoms with E-state index in [4.69, 9.17) is 4.74 Å². The van der Waals surface area contributed by atoms with E-state index in [1.807, 2.05) is 7.05 Å². The summed E-state index contributed by atoms with van der Waals surface area (Å²) in [6.45, 7) is 1.82. The van der Waals surface area contributed by atoms with Crippen molar-refractivity contribution in [3.8, 4) is 5.88 Å². The summed E-state index contributed by atoms with van der Waals surface area (Å²) >= 11 is 0. The largest absolute Gasteiger partial charge is 0.475 e. The molecule has 0 aliphatic carbocycles. The Balaban J connectivity index is 1.79. The first-order chi connectivity index (χ1) is 6.86. The highest BCUT2D eigenvalue weighted by Crippen LogP contribution is 2.10. The second-order valence-electron chi connectivity index (χ2n) is 3.65. The predicted octanol–water partition coefficient (Wildman–Crippen LogP) is 0.336. The molecule has 0 bridgehead atoms. The van der Waals surface area contributed by atoms with Crippen LogP contribution in [-0.2, 0) is 7.05 Å². The zero-order chi connectivity index (χ0) is 9.80. The molecule has 5 heteroatoms. The standard InChI is InChI=1S/C9H16N4O/c1-13-9(6-11-12-13)14-7-8-4-2-3-5-10-8/h6,8,10H,2-5,7H2,1H3. The summed E-state index contributed by atoms with van der Waals surface area (Å²) in [6, 6.07) is 0.485. The van der Waals surface area contributed by atoms with Crippen LogP contribution in [0.15, 0.2) is 6.20 Å². The van der Waals surface area contributed by atoms with Crippen molar-refractivity contribution in [1.82, 2.24) is 20.3 Å². The third kappa shape index (κ3) is 2.23. The molecular weight excluding hydrogens is 180 g/mol. The number of rotatable bonds is 3. The zero-order valence-electron chi connectivity index (χ0n) is 8.44. The van der Waals surface area contributed by atoms with Crippen LogP contribution in [0.3, 0.4) is 0 Å². The minimum absolute atomic E-state index is 0.485. The van der Waals surface area contributed by atoms with E-state index in [1.54, 1.807) is 10.9 Å². The van der Waals surface area contributed by atoms with Crippen LogP contribution in [-0.4, -0.2) is 34.2 Å². The number of aryl methyl sites for hydroxylation is 1. The number of hydrogen-bond donors (Lipinski definition) is 1. The highest BCUT2D eigenvalue weighted by molar-refractivity contribution is 5.00. The van der Waals surface area contributed by atoms with Gasteiger partial charge in [-0.05, 0) is 19.4 Å². The van der Waals surface area contributed by atoms with Gasteiger partial charge in [0.25, 0.3) is 0 Å². The fourth-order valence-electron chi connectivity index (χ4n) is 1.66. The van der Waals surface area contributed by atoms with Crippen LogP contribution in [0.4, 0.5) is 0 Å². The van der Waals surface area contributed by atoms with E-state index >= 15 is 0 Å². The highest BCUT2D eigenvalue weighted by atomic mass is 16.5. The molecule has 1 aromatic rings. The van der Waals surface area contributed by atoms with E-state index in [0.29, 0.717) is 12.6 Å². The normalized spacial score (nSPS) is 22.2. The lowest BCUT2D eigenvalue weighted by Gasteiger charge is -2.23. The Hall–Kier alpha value is -1.10. The van der Waals surface area contributed by atoms with Gasteiger partial charge in [-0.25, -0.2) is 4.68 Å². The molecule has 0 aromatic carbocycles. The van der Waals surface area contributed by atoms with Crippen molar-refractivity contribution >= 4 is 0 Å². The molecule has 0 radical (unpaired) electrons. The Morgan fingerprint density at radius 2 is 2.57 bits per heavy atom. The van der Waals surface area contributed by atoms with Gasteiger partial charge in [0.05, 0.1) is 0 Å². The van der Waals surface area contributed by atoms with Crippen LogP contribution in [0.2, 0.25) is 0 Å². The molecule has 5 nitrogen and oxygen atoms in total. The van der Waals surface area contributed by atoms with Crippen molar-refractivity contribution in [3.05, 3.63) is 6.20 Å². The highest BCUT2D eigenvalue weighted by Gasteiger charge is 2.13. The van der Waals surface area contributed by atoms with Gasteiger partial charge < -0.3 is 10.1 Å². The fraction of sp³-hybridized carbons (Fsp3) is 0.778. The molecule has 1 saturated heterocycles. The summed E-state index contributed by atoms with van der Waals surface area (Å²) in [5, 5.41) is 11.0. The van der Waals surface area contributed by atoms with E-state index in [-0.39, 0.29) is 0 Å². The van der Waals surface area contributed by atoms with E-state index in [2.05, 4.69) is 15.6 Å². The van der Waals surface area contributed by atoms with Gasteiger partial charge in [0.1, 0.15) is 12.8 Å². The van der Waals surface area contributed by atoms with Gasteiger partial charge in [-0.2, -0.15) is 0 Å². The lowest BCUT2D eigenvalue weighted by Crippen LogP contribution is -2.38. The first kappa shape index (κ1) is 9.45. The molecule has 78 valence electrons. The molecule has 1 aliphatic heterocycles. The van der Waals surface area contributed by atoms with Crippen molar-refractivity contribution in [2.45, 2.75) is 25.3 Å². The topological polar surface area (TPSA) is 52.0 Å². The summed E-state index contributed by atoms with van der Waals surface area (Å²) in [4.78, 5) is 0. The molecule has 1 aliphatic rings. The van der Waals surface area contributed by atoms with Gasteiger partial charge in [0.15, 0.2) is 0 Å². The van der Waals surface area contributed by atoms with E-state index in [1.165, 1.54) is 19.3 Å². The van der Waals surface area contributed by atoms with Crippen LogP contribution < -0.4 is 10.1 Å². The third-order valence-electron chi connectivity index (χ3n) is 2.52. The molecule has 1 unspecified atom stereocenters. The maximum absolute atomic E-state index is 5.59. The number of hydrogen-bond acceptors (Lipinski definition) is 4. The van der Waals surface area contributed by atoms with Gasteiger partial charge in [0, 0.05) is 13.1 Å². The second kappa shape index (κ2) is 4.41. The number of nitrogens with zero attached hydrogens (tertiary/aromatic N) is 3. The van der Waals surface area contributed by atoms with Gasteiger partial charge in [-0.3, -0.25) is 0 Å². The van der Waals surface area contributed by atoms with Gasteiger partial charge >= 0.3 is 0 Å². The van der Waals surface area contributed by atoms with Crippen LogP contribution >= 0.6 is 0 Å². The predicted molar refractivity (Wildman–Crippen MR) is 52.1 cm³/mol.